The predicted octanol–water partition coefficient (Wildman–Crippen LogP) is 3.02. The van der Waals surface area contributed by atoms with E-state index in [9.17, 15) is 0 Å². The molecular formula is C14H19N. The van der Waals surface area contributed by atoms with Crippen LogP contribution in [0.25, 0.3) is 0 Å². The zero-order valence-corrected chi connectivity index (χ0v) is 9.45. The van der Waals surface area contributed by atoms with E-state index in [-0.39, 0.29) is 0 Å². The average Bonchev–Trinajstić information content (AvgIpc) is 2.67. The number of hydrogen-bond acceptors (Lipinski definition) is 1. The Morgan fingerprint density at radius 3 is 3.07 bits per heavy atom. The maximum atomic E-state index is 2.67. The topological polar surface area (TPSA) is 3.24 Å². The minimum absolute atomic E-state index is 0.736. The molecule has 1 aromatic rings. The SMILES string of the molecule is CCN1CCCC2Cc3ccccc3C21. The number of piperidine rings is 1. The van der Waals surface area contributed by atoms with Crippen molar-refractivity contribution in [1.29, 1.82) is 0 Å². The summed E-state index contributed by atoms with van der Waals surface area (Å²) in [5.74, 6) is 0.899. The third-order valence-corrected chi connectivity index (χ3v) is 4.12. The fourth-order valence-electron chi connectivity index (χ4n) is 3.46. The van der Waals surface area contributed by atoms with Crippen LogP contribution in [0.1, 0.15) is 36.9 Å². The number of likely N-dealkylation sites (tertiary alicyclic amines) is 1. The third kappa shape index (κ3) is 1.41. The van der Waals surface area contributed by atoms with Crippen LogP contribution in [0.3, 0.4) is 0 Å². The van der Waals surface area contributed by atoms with Gasteiger partial charge in [-0.1, -0.05) is 31.2 Å². The van der Waals surface area contributed by atoms with Gasteiger partial charge in [-0.25, -0.2) is 0 Å². The minimum atomic E-state index is 0.736. The van der Waals surface area contributed by atoms with Gasteiger partial charge in [-0.05, 0) is 49.4 Å². The first kappa shape index (κ1) is 9.41. The van der Waals surface area contributed by atoms with E-state index in [1.807, 2.05) is 0 Å². The number of fused-ring (bicyclic) bond motifs is 3. The van der Waals surface area contributed by atoms with Crippen LogP contribution in [-0.4, -0.2) is 18.0 Å². The highest BCUT2D eigenvalue weighted by Crippen LogP contribution is 2.44. The van der Waals surface area contributed by atoms with Gasteiger partial charge in [0, 0.05) is 6.04 Å². The summed E-state index contributed by atoms with van der Waals surface area (Å²) in [6, 6.07) is 9.78. The molecule has 1 aliphatic carbocycles. The molecule has 0 N–H and O–H groups in total. The molecule has 0 amide bonds. The first-order valence-corrected chi connectivity index (χ1v) is 6.22. The van der Waals surface area contributed by atoms with E-state index in [0.717, 1.165) is 12.0 Å². The molecule has 0 saturated carbocycles. The molecule has 0 spiro atoms. The maximum Gasteiger partial charge on any atom is 0.0382 e. The summed E-state index contributed by atoms with van der Waals surface area (Å²) in [5, 5.41) is 0. The van der Waals surface area contributed by atoms with Crippen molar-refractivity contribution in [3.8, 4) is 0 Å². The van der Waals surface area contributed by atoms with E-state index in [2.05, 4.69) is 36.1 Å². The molecule has 2 atom stereocenters. The van der Waals surface area contributed by atoms with Crippen LogP contribution in [0, 0.1) is 5.92 Å². The van der Waals surface area contributed by atoms with Crippen molar-refractivity contribution in [3.63, 3.8) is 0 Å². The second kappa shape index (κ2) is 3.64. The van der Waals surface area contributed by atoms with Gasteiger partial charge in [0.15, 0.2) is 0 Å². The van der Waals surface area contributed by atoms with Crippen LogP contribution in [-0.2, 0) is 6.42 Å². The standard InChI is InChI=1S/C14H19N/c1-2-15-9-5-7-12-10-11-6-3-4-8-13(11)14(12)15/h3-4,6,8,12,14H,2,5,7,9-10H2,1H3. The molecule has 1 fully saturated rings. The Kier molecular flexibility index (Phi) is 2.28. The number of rotatable bonds is 1. The van der Waals surface area contributed by atoms with Gasteiger partial charge < -0.3 is 0 Å². The molecule has 1 aromatic carbocycles. The molecule has 0 radical (unpaired) electrons. The molecule has 1 heteroatoms. The van der Waals surface area contributed by atoms with Gasteiger partial charge in [0.2, 0.25) is 0 Å². The van der Waals surface area contributed by atoms with E-state index in [1.54, 1.807) is 11.1 Å². The highest BCUT2D eigenvalue weighted by Gasteiger charge is 2.37. The Balaban J connectivity index is 1.99. The van der Waals surface area contributed by atoms with Crippen molar-refractivity contribution in [2.75, 3.05) is 13.1 Å². The van der Waals surface area contributed by atoms with Gasteiger partial charge >= 0.3 is 0 Å². The van der Waals surface area contributed by atoms with Crippen molar-refractivity contribution < 1.29 is 0 Å². The molecule has 1 saturated heterocycles. The fourth-order valence-corrected chi connectivity index (χ4v) is 3.46. The first-order valence-electron chi connectivity index (χ1n) is 6.22. The lowest BCUT2D eigenvalue weighted by atomic mass is 9.90. The second-order valence-electron chi connectivity index (χ2n) is 4.88. The van der Waals surface area contributed by atoms with E-state index < -0.39 is 0 Å². The fraction of sp³-hybridized carbons (Fsp3) is 0.571. The van der Waals surface area contributed by atoms with E-state index >= 15 is 0 Å². The molecule has 2 aliphatic rings. The van der Waals surface area contributed by atoms with Crippen LogP contribution < -0.4 is 0 Å². The highest BCUT2D eigenvalue weighted by atomic mass is 15.2. The van der Waals surface area contributed by atoms with Crippen LogP contribution >= 0.6 is 0 Å². The van der Waals surface area contributed by atoms with Crippen molar-refractivity contribution in [2.45, 2.75) is 32.2 Å². The Morgan fingerprint density at radius 2 is 2.20 bits per heavy atom. The summed E-state index contributed by atoms with van der Waals surface area (Å²) in [4.78, 5) is 2.67. The highest BCUT2D eigenvalue weighted by molar-refractivity contribution is 5.36. The second-order valence-corrected chi connectivity index (χ2v) is 4.88. The summed E-state index contributed by atoms with van der Waals surface area (Å²) in [6.07, 6.45) is 4.14. The molecule has 0 bridgehead atoms. The predicted molar refractivity (Wildman–Crippen MR) is 62.9 cm³/mol. The molecule has 1 nitrogen and oxygen atoms in total. The van der Waals surface area contributed by atoms with E-state index in [0.29, 0.717) is 0 Å². The van der Waals surface area contributed by atoms with Crippen molar-refractivity contribution in [2.24, 2.45) is 5.92 Å². The van der Waals surface area contributed by atoms with Gasteiger partial charge in [-0.3, -0.25) is 4.90 Å². The van der Waals surface area contributed by atoms with Gasteiger partial charge in [0.25, 0.3) is 0 Å². The Bertz CT molecular complexity index is 352. The Morgan fingerprint density at radius 1 is 1.33 bits per heavy atom. The summed E-state index contributed by atoms with van der Waals surface area (Å²) in [5.41, 5.74) is 3.22. The zero-order chi connectivity index (χ0) is 10.3. The van der Waals surface area contributed by atoms with Crippen molar-refractivity contribution in [1.82, 2.24) is 4.90 Å². The monoisotopic (exact) mass is 201 g/mol. The average molecular weight is 201 g/mol. The quantitative estimate of drug-likeness (QED) is 0.675. The molecule has 1 heterocycles. The van der Waals surface area contributed by atoms with Crippen LogP contribution in [0.2, 0.25) is 0 Å². The third-order valence-electron chi connectivity index (χ3n) is 4.12. The number of nitrogens with zero attached hydrogens (tertiary/aromatic N) is 1. The minimum Gasteiger partial charge on any atom is -0.296 e. The summed E-state index contributed by atoms with van der Waals surface area (Å²) in [7, 11) is 0. The summed E-state index contributed by atoms with van der Waals surface area (Å²) >= 11 is 0. The van der Waals surface area contributed by atoms with Gasteiger partial charge in [-0.2, -0.15) is 0 Å². The van der Waals surface area contributed by atoms with Gasteiger partial charge in [-0.15, -0.1) is 0 Å². The smallest absolute Gasteiger partial charge is 0.0382 e. The molecule has 3 rings (SSSR count). The lowest BCUT2D eigenvalue weighted by Crippen LogP contribution is -2.36. The van der Waals surface area contributed by atoms with E-state index in [1.165, 1.54) is 32.4 Å². The molecule has 2 unspecified atom stereocenters. The Labute approximate surface area is 92.1 Å². The largest absolute Gasteiger partial charge is 0.296 e. The van der Waals surface area contributed by atoms with Gasteiger partial charge in [0.1, 0.15) is 0 Å². The lowest BCUT2D eigenvalue weighted by molar-refractivity contribution is 0.111. The van der Waals surface area contributed by atoms with Gasteiger partial charge in [0.05, 0.1) is 0 Å². The number of hydrogen-bond donors (Lipinski definition) is 0. The molecule has 0 aromatic heterocycles. The van der Waals surface area contributed by atoms with E-state index in [4.69, 9.17) is 0 Å². The molecule has 15 heavy (non-hydrogen) atoms. The maximum absolute atomic E-state index is 2.67. The van der Waals surface area contributed by atoms with Crippen molar-refractivity contribution in [3.05, 3.63) is 35.4 Å². The van der Waals surface area contributed by atoms with Crippen LogP contribution in [0.5, 0.6) is 0 Å². The molecular weight excluding hydrogens is 182 g/mol. The van der Waals surface area contributed by atoms with Crippen LogP contribution in [0.15, 0.2) is 24.3 Å². The number of benzene rings is 1. The first-order chi connectivity index (χ1) is 7.40. The molecule has 80 valence electrons. The van der Waals surface area contributed by atoms with Crippen LogP contribution in [0.4, 0.5) is 0 Å². The zero-order valence-electron chi connectivity index (χ0n) is 9.45. The Hall–Kier alpha value is -0.820. The summed E-state index contributed by atoms with van der Waals surface area (Å²) in [6.45, 7) is 4.80. The van der Waals surface area contributed by atoms with Crippen molar-refractivity contribution >= 4 is 0 Å². The normalized spacial score (nSPS) is 29.9. The summed E-state index contributed by atoms with van der Waals surface area (Å²) < 4.78 is 0. The molecule has 1 aliphatic heterocycles. The lowest BCUT2D eigenvalue weighted by Gasteiger charge is -2.37.